The summed E-state index contributed by atoms with van der Waals surface area (Å²) in [6.07, 6.45) is 1.68. The molecule has 0 fully saturated rings. The van der Waals surface area contributed by atoms with Gasteiger partial charge in [-0.1, -0.05) is 36.7 Å². The Balaban J connectivity index is 2.37. The zero-order valence-corrected chi connectivity index (χ0v) is 8.66. The molecule has 0 N–H and O–H groups in total. The highest BCUT2D eigenvalue weighted by atomic mass is 35.5. The summed E-state index contributed by atoms with van der Waals surface area (Å²) in [5.41, 5.74) is 1.10. The number of furan rings is 1. The van der Waals surface area contributed by atoms with Crippen LogP contribution in [0.15, 0.2) is 47.1 Å². The molecule has 72 valence electrons. The van der Waals surface area contributed by atoms with Crippen LogP contribution in [0.25, 0.3) is 0 Å². The molecular formula is C12H11ClO. The van der Waals surface area contributed by atoms with Gasteiger partial charge in [-0.2, -0.15) is 0 Å². The predicted octanol–water partition coefficient (Wildman–Crippen LogP) is 4.08. The largest absolute Gasteiger partial charge is 0.469 e. The van der Waals surface area contributed by atoms with E-state index in [1.165, 1.54) is 0 Å². The number of benzene rings is 1. The minimum Gasteiger partial charge on any atom is -0.469 e. The van der Waals surface area contributed by atoms with Crippen molar-refractivity contribution in [1.29, 1.82) is 0 Å². The van der Waals surface area contributed by atoms with Crippen LogP contribution in [0, 0.1) is 0 Å². The van der Waals surface area contributed by atoms with Crippen LogP contribution >= 0.6 is 11.6 Å². The number of hydrogen-bond donors (Lipinski definition) is 0. The summed E-state index contributed by atoms with van der Waals surface area (Å²) in [5, 5.41) is 0.788. The summed E-state index contributed by atoms with van der Waals surface area (Å²) in [4.78, 5) is 0. The molecule has 1 aromatic carbocycles. The van der Waals surface area contributed by atoms with E-state index in [4.69, 9.17) is 16.0 Å². The molecule has 0 aliphatic rings. The zero-order chi connectivity index (χ0) is 9.97. The van der Waals surface area contributed by atoms with Crippen molar-refractivity contribution in [2.75, 3.05) is 0 Å². The molecule has 0 aliphatic heterocycles. The van der Waals surface area contributed by atoms with Crippen LogP contribution < -0.4 is 0 Å². The van der Waals surface area contributed by atoms with Gasteiger partial charge in [-0.25, -0.2) is 0 Å². The highest BCUT2D eigenvalue weighted by Crippen LogP contribution is 2.29. The molecule has 14 heavy (non-hydrogen) atoms. The molecule has 0 spiro atoms. The van der Waals surface area contributed by atoms with Crippen LogP contribution in [0.3, 0.4) is 0 Å². The second-order valence-electron chi connectivity index (χ2n) is 3.26. The monoisotopic (exact) mass is 206 g/mol. The average Bonchev–Trinajstić information content (AvgIpc) is 2.70. The molecule has 1 heterocycles. The molecule has 1 aromatic heterocycles. The Morgan fingerprint density at radius 1 is 1.14 bits per heavy atom. The first-order valence-electron chi connectivity index (χ1n) is 4.57. The van der Waals surface area contributed by atoms with Gasteiger partial charge >= 0.3 is 0 Å². The van der Waals surface area contributed by atoms with Gasteiger partial charge in [0.25, 0.3) is 0 Å². The second kappa shape index (κ2) is 3.89. The predicted molar refractivity (Wildman–Crippen MR) is 57.7 cm³/mol. The average molecular weight is 207 g/mol. The smallest absolute Gasteiger partial charge is 0.110 e. The first-order valence-corrected chi connectivity index (χ1v) is 4.94. The first-order chi connectivity index (χ1) is 6.79. The minimum absolute atomic E-state index is 0.207. The lowest BCUT2D eigenvalue weighted by Gasteiger charge is -2.10. The highest BCUT2D eigenvalue weighted by Gasteiger charge is 2.13. The van der Waals surface area contributed by atoms with Crippen molar-refractivity contribution < 1.29 is 4.42 Å². The summed E-state index contributed by atoms with van der Waals surface area (Å²) < 4.78 is 5.35. The number of rotatable bonds is 2. The summed E-state index contributed by atoms with van der Waals surface area (Å²) in [6.45, 7) is 2.08. The number of hydrogen-bond acceptors (Lipinski definition) is 1. The third kappa shape index (κ3) is 1.68. The van der Waals surface area contributed by atoms with E-state index in [1.807, 2.05) is 36.4 Å². The van der Waals surface area contributed by atoms with E-state index in [0.717, 1.165) is 16.3 Å². The SMILES string of the molecule is CC(c1ccco1)c1ccccc1Cl. The van der Waals surface area contributed by atoms with E-state index in [2.05, 4.69) is 6.92 Å². The summed E-state index contributed by atoms with van der Waals surface area (Å²) >= 11 is 6.09. The van der Waals surface area contributed by atoms with Crippen molar-refractivity contribution >= 4 is 11.6 Å². The van der Waals surface area contributed by atoms with Crippen LogP contribution in [0.1, 0.15) is 24.2 Å². The summed E-state index contributed by atoms with van der Waals surface area (Å²) in [7, 11) is 0. The minimum atomic E-state index is 0.207. The molecule has 1 unspecified atom stereocenters. The van der Waals surface area contributed by atoms with Gasteiger partial charge in [-0.05, 0) is 23.8 Å². The van der Waals surface area contributed by atoms with Crippen LogP contribution in [-0.2, 0) is 0 Å². The Kier molecular flexibility index (Phi) is 2.60. The fraction of sp³-hybridized carbons (Fsp3) is 0.167. The molecule has 0 amide bonds. The van der Waals surface area contributed by atoms with Gasteiger partial charge in [0.1, 0.15) is 5.76 Å². The van der Waals surface area contributed by atoms with Gasteiger partial charge in [0.15, 0.2) is 0 Å². The second-order valence-corrected chi connectivity index (χ2v) is 3.67. The third-order valence-corrected chi connectivity index (χ3v) is 2.69. The molecular weight excluding hydrogens is 196 g/mol. The summed E-state index contributed by atoms with van der Waals surface area (Å²) in [5.74, 6) is 1.15. The fourth-order valence-corrected chi connectivity index (χ4v) is 1.82. The van der Waals surface area contributed by atoms with Crippen LogP contribution in [0.4, 0.5) is 0 Å². The molecule has 1 nitrogen and oxygen atoms in total. The molecule has 2 rings (SSSR count). The number of halogens is 1. The van der Waals surface area contributed by atoms with Crippen molar-refractivity contribution in [1.82, 2.24) is 0 Å². The van der Waals surface area contributed by atoms with Gasteiger partial charge in [0, 0.05) is 10.9 Å². The van der Waals surface area contributed by atoms with E-state index in [1.54, 1.807) is 6.26 Å². The molecule has 2 heteroatoms. The molecule has 0 bridgehead atoms. The van der Waals surface area contributed by atoms with Crippen molar-refractivity contribution in [2.45, 2.75) is 12.8 Å². The summed E-state index contributed by atoms with van der Waals surface area (Å²) in [6, 6.07) is 11.7. The molecule has 0 aliphatic carbocycles. The van der Waals surface area contributed by atoms with Crippen molar-refractivity contribution in [3.05, 3.63) is 59.0 Å². The van der Waals surface area contributed by atoms with Crippen LogP contribution in [0.5, 0.6) is 0 Å². The van der Waals surface area contributed by atoms with Crippen LogP contribution in [-0.4, -0.2) is 0 Å². The normalized spacial score (nSPS) is 12.7. The Labute approximate surface area is 88.3 Å². The Bertz CT molecular complexity index is 406. The van der Waals surface area contributed by atoms with Gasteiger partial charge in [-0.3, -0.25) is 0 Å². The topological polar surface area (TPSA) is 13.1 Å². The van der Waals surface area contributed by atoms with Crippen molar-refractivity contribution in [3.63, 3.8) is 0 Å². The molecule has 1 atom stereocenters. The quantitative estimate of drug-likeness (QED) is 0.722. The zero-order valence-electron chi connectivity index (χ0n) is 7.91. The van der Waals surface area contributed by atoms with Gasteiger partial charge in [-0.15, -0.1) is 0 Å². The molecule has 0 radical (unpaired) electrons. The molecule has 0 saturated carbocycles. The van der Waals surface area contributed by atoms with E-state index in [9.17, 15) is 0 Å². The molecule has 0 saturated heterocycles. The maximum atomic E-state index is 6.09. The van der Waals surface area contributed by atoms with Crippen molar-refractivity contribution in [3.8, 4) is 0 Å². The van der Waals surface area contributed by atoms with Gasteiger partial charge in [0.2, 0.25) is 0 Å². The Morgan fingerprint density at radius 2 is 1.93 bits per heavy atom. The van der Waals surface area contributed by atoms with E-state index < -0.39 is 0 Å². The van der Waals surface area contributed by atoms with Gasteiger partial charge in [0.05, 0.1) is 6.26 Å². The van der Waals surface area contributed by atoms with Crippen LogP contribution in [0.2, 0.25) is 5.02 Å². The highest BCUT2D eigenvalue weighted by molar-refractivity contribution is 6.31. The lowest BCUT2D eigenvalue weighted by atomic mass is 9.99. The Hall–Kier alpha value is -1.21. The van der Waals surface area contributed by atoms with Gasteiger partial charge < -0.3 is 4.42 Å². The van der Waals surface area contributed by atoms with E-state index >= 15 is 0 Å². The lowest BCUT2D eigenvalue weighted by molar-refractivity contribution is 0.496. The van der Waals surface area contributed by atoms with E-state index in [0.29, 0.717) is 0 Å². The maximum Gasteiger partial charge on any atom is 0.110 e. The van der Waals surface area contributed by atoms with E-state index in [-0.39, 0.29) is 5.92 Å². The fourth-order valence-electron chi connectivity index (χ4n) is 1.52. The Morgan fingerprint density at radius 3 is 2.57 bits per heavy atom. The molecule has 2 aromatic rings. The lowest BCUT2D eigenvalue weighted by Crippen LogP contribution is -1.94. The first kappa shape index (κ1) is 9.35. The van der Waals surface area contributed by atoms with Crippen molar-refractivity contribution in [2.24, 2.45) is 0 Å². The standard InChI is InChI=1S/C12H11ClO/c1-9(12-7-4-8-14-12)10-5-2-3-6-11(10)13/h2-9H,1H3. The third-order valence-electron chi connectivity index (χ3n) is 2.34. The maximum absolute atomic E-state index is 6.09.